The van der Waals surface area contributed by atoms with Gasteiger partial charge in [0.1, 0.15) is 0 Å². The van der Waals surface area contributed by atoms with Crippen molar-refractivity contribution in [2.75, 3.05) is 19.3 Å². The Labute approximate surface area is 109 Å². The number of benzene rings is 1. The Morgan fingerprint density at radius 1 is 1.47 bits per heavy atom. The van der Waals surface area contributed by atoms with Gasteiger partial charge in [-0.3, -0.25) is 14.9 Å². The molecule has 0 fully saturated rings. The average Bonchev–Trinajstić information content (AvgIpc) is 2.35. The molecule has 0 saturated heterocycles. The van der Waals surface area contributed by atoms with Gasteiger partial charge in [0, 0.05) is 18.8 Å². The highest BCUT2D eigenvalue weighted by Gasteiger charge is 2.26. The van der Waals surface area contributed by atoms with Crippen molar-refractivity contribution in [3.8, 4) is 0 Å². The number of nitro groups is 1. The molecular formula is C9H12N4O5S. The number of anilines is 1. The van der Waals surface area contributed by atoms with Gasteiger partial charge in [-0.05, 0) is 12.1 Å². The van der Waals surface area contributed by atoms with Gasteiger partial charge in [-0.1, -0.05) is 0 Å². The van der Waals surface area contributed by atoms with Gasteiger partial charge >= 0.3 is 0 Å². The Bertz CT molecular complexity index is 613. The lowest BCUT2D eigenvalue weighted by atomic mass is 10.3. The normalized spacial score (nSPS) is 11.0. The fourth-order valence-electron chi connectivity index (χ4n) is 1.23. The molecule has 0 saturated carbocycles. The van der Waals surface area contributed by atoms with Gasteiger partial charge in [-0.15, -0.1) is 0 Å². The summed E-state index contributed by atoms with van der Waals surface area (Å²) >= 11 is 0. The van der Waals surface area contributed by atoms with Gasteiger partial charge in [0.05, 0.1) is 11.5 Å². The van der Waals surface area contributed by atoms with Crippen LogP contribution >= 0.6 is 0 Å². The monoisotopic (exact) mass is 288 g/mol. The highest BCUT2D eigenvalue weighted by Crippen LogP contribution is 2.25. The summed E-state index contributed by atoms with van der Waals surface area (Å²) in [4.78, 5) is 20.4. The Morgan fingerprint density at radius 3 is 2.63 bits per heavy atom. The fourth-order valence-corrected chi connectivity index (χ4v) is 2.36. The van der Waals surface area contributed by atoms with Crippen LogP contribution in [0, 0.1) is 10.1 Å². The first kappa shape index (κ1) is 14.9. The lowest BCUT2D eigenvalue weighted by Gasteiger charge is -2.07. The number of hydrogen-bond acceptors (Lipinski definition) is 6. The van der Waals surface area contributed by atoms with Gasteiger partial charge in [0.15, 0.2) is 4.90 Å². The molecule has 1 aromatic rings. The number of likely N-dealkylation sites (N-methyl/N-ethyl adjacent to an activating group) is 1. The first-order valence-electron chi connectivity index (χ1n) is 5.02. The third kappa shape index (κ3) is 3.63. The summed E-state index contributed by atoms with van der Waals surface area (Å²) in [5.41, 5.74) is 4.79. The van der Waals surface area contributed by atoms with Crippen LogP contribution in [-0.2, 0) is 14.8 Å². The summed E-state index contributed by atoms with van der Waals surface area (Å²) in [7, 11) is -2.83. The van der Waals surface area contributed by atoms with Crippen LogP contribution in [0.2, 0.25) is 0 Å². The van der Waals surface area contributed by atoms with Crippen molar-refractivity contribution in [2.45, 2.75) is 4.90 Å². The molecule has 0 heterocycles. The topological polar surface area (TPSA) is 144 Å². The quantitative estimate of drug-likeness (QED) is 0.367. The average molecular weight is 288 g/mol. The van der Waals surface area contributed by atoms with E-state index in [1.54, 1.807) is 0 Å². The Balaban J connectivity index is 3.14. The number of nitrogens with zero attached hydrogens (tertiary/aromatic N) is 1. The number of rotatable bonds is 5. The zero-order valence-electron chi connectivity index (χ0n) is 9.91. The van der Waals surface area contributed by atoms with Gasteiger partial charge < -0.3 is 11.1 Å². The predicted molar refractivity (Wildman–Crippen MR) is 66.8 cm³/mol. The summed E-state index contributed by atoms with van der Waals surface area (Å²) < 4.78 is 25.7. The summed E-state index contributed by atoms with van der Waals surface area (Å²) in [5, 5.41) is 13.0. The SMILES string of the molecule is CNC(=O)CNS(=O)(=O)c1ccc(N)cc1[N+](=O)[O-]. The first-order valence-corrected chi connectivity index (χ1v) is 6.50. The number of carbonyl (C=O) groups is 1. The molecule has 0 unspecified atom stereocenters. The minimum atomic E-state index is -4.17. The number of nitrogen functional groups attached to an aromatic ring is 1. The van der Waals surface area contributed by atoms with Crippen molar-refractivity contribution < 1.29 is 18.1 Å². The van der Waals surface area contributed by atoms with E-state index in [1.165, 1.54) is 13.1 Å². The first-order chi connectivity index (χ1) is 8.77. The van der Waals surface area contributed by atoms with E-state index in [-0.39, 0.29) is 5.69 Å². The zero-order chi connectivity index (χ0) is 14.6. The molecule has 104 valence electrons. The van der Waals surface area contributed by atoms with Crippen molar-refractivity contribution in [2.24, 2.45) is 0 Å². The second kappa shape index (κ2) is 5.63. The predicted octanol–water partition coefficient (Wildman–Crippen LogP) is -0.799. The summed E-state index contributed by atoms with van der Waals surface area (Å²) in [5.74, 6) is -0.568. The molecule has 1 amide bonds. The number of nitrogens with two attached hydrogens (primary N) is 1. The molecule has 0 radical (unpaired) electrons. The summed E-state index contributed by atoms with van der Waals surface area (Å²) in [6, 6.07) is 3.18. The molecule has 0 aliphatic carbocycles. The molecular weight excluding hydrogens is 276 g/mol. The van der Waals surface area contributed by atoms with Gasteiger partial charge in [-0.25, -0.2) is 13.1 Å². The minimum Gasteiger partial charge on any atom is -0.399 e. The molecule has 0 spiro atoms. The second-order valence-electron chi connectivity index (χ2n) is 3.48. The molecule has 0 aromatic heterocycles. The van der Waals surface area contributed by atoms with Crippen LogP contribution in [0.1, 0.15) is 0 Å². The largest absolute Gasteiger partial charge is 0.399 e. The van der Waals surface area contributed by atoms with Crippen molar-refractivity contribution in [1.29, 1.82) is 0 Å². The number of carbonyl (C=O) groups excluding carboxylic acids is 1. The third-order valence-corrected chi connectivity index (χ3v) is 3.62. The zero-order valence-corrected chi connectivity index (χ0v) is 10.7. The maximum atomic E-state index is 11.9. The molecule has 9 nitrogen and oxygen atoms in total. The Kier molecular flexibility index (Phi) is 4.40. The van der Waals surface area contributed by atoms with Gasteiger partial charge in [0.25, 0.3) is 5.69 Å². The lowest BCUT2D eigenvalue weighted by Crippen LogP contribution is -2.35. The third-order valence-electron chi connectivity index (χ3n) is 2.17. The van der Waals surface area contributed by atoms with E-state index in [0.29, 0.717) is 0 Å². The van der Waals surface area contributed by atoms with Gasteiger partial charge in [-0.2, -0.15) is 0 Å². The van der Waals surface area contributed by atoms with Crippen LogP contribution in [0.4, 0.5) is 11.4 Å². The molecule has 4 N–H and O–H groups in total. The van der Waals surface area contributed by atoms with Crippen LogP contribution in [-0.4, -0.2) is 32.8 Å². The smallest absolute Gasteiger partial charge is 0.291 e. The molecule has 1 aromatic carbocycles. The molecule has 19 heavy (non-hydrogen) atoms. The van der Waals surface area contributed by atoms with E-state index in [9.17, 15) is 23.3 Å². The highest BCUT2D eigenvalue weighted by molar-refractivity contribution is 7.89. The maximum Gasteiger partial charge on any atom is 0.291 e. The van der Waals surface area contributed by atoms with E-state index < -0.39 is 38.0 Å². The molecule has 0 bridgehead atoms. The molecule has 0 atom stereocenters. The number of nitrogens with one attached hydrogen (secondary N) is 2. The molecule has 0 aliphatic rings. The molecule has 0 aliphatic heterocycles. The van der Waals surface area contributed by atoms with Crippen LogP contribution < -0.4 is 15.8 Å². The number of hydrogen-bond donors (Lipinski definition) is 3. The lowest BCUT2D eigenvalue weighted by molar-refractivity contribution is -0.387. The van der Waals surface area contributed by atoms with Crippen molar-refractivity contribution >= 4 is 27.3 Å². The van der Waals surface area contributed by atoms with Crippen molar-refractivity contribution in [1.82, 2.24) is 10.0 Å². The maximum absolute atomic E-state index is 11.9. The van der Waals surface area contributed by atoms with E-state index >= 15 is 0 Å². The summed E-state index contributed by atoms with van der Waals surface area (Å²) in [6.45, 7) is -0.514. The van der Waals surface area contributed by atoms with Crippen molar-refractivity contribution in [3.63, 3.8) is 0 Å². The van der Waals surface area contributed by atoms with E-state index in [1.807, 2.05) is 4.72 Å². The Hall–Kier alpha value is -2.20. The van der Waals surface area contributed by atoms with Gasteiger partial charge in [0.2, 0.25) is 15.9 Å². The Morgan fingerprint density at radius 2 is 2.11 bits per heavy atom. The van der Waals surface area contributed by atoms with E-state index in [2.05, 4.69) is 5.32 Å². The second-order valence-corrected chi connectivity index (χ2v) is 5.22. The van der Waals surface area contributed by atoms with Crippen LogP contribution in [0.3, 0.4) is 0 Å². The molecule has 1 rings (SSSR count). The van der Waals surface area contributed by atoms with Crippen LogP contribution in [0.5, 0.6) is 0 Å². The van der Waals surface area contributed by atoms with Crippen LogP contribution in [0.25, 0.3) is 0 Å². The molecule has 10 heteroatoms. The number of amides is 1. The minimum absolute atomic E-state index is 0.0666. The number of sulfonamides is 1. The highest BCUT2D eigenvalue weighted by atomic mass is 32.2. The fraction of sp³-hybridized carbons (Fsp3) is 0.222. The standard InChI is InChI=1S/C9H12N4O5S/c1-11-9(14)5-12-19(17,18)8-3-2-6(10)4-7(8)13(15)16/h2-4,12H,5,10H2,1H3,(H,11,14). The number of nitro benzene ring substituents is 1. The van der Waals surface area contributed by atoms with Crippen molar-refractivity contribution in [3.05, 3.63) is 28.3 Å². The van der Waals surface area contributed by atoms with E-state index in [0.717, 1.165) is 12.1 Å². The van der Waals surface area contributed by atoms with Crippen LogP contribution in [0.15, 0.2) is 23.1 Å². The summed E-state index contributed by atoms with van der Waals surface area (Å²) in [6.07, 6.45) is 0. The van der Waals surface area contributed by atoms with E-state index in [4.69, 9.17) is 5.73 Å².